The van der Waals surface area contributed by atoms with Crippen molar-refractivity contribution in [2.75, 3.05) is 12.1 Å². The number of carbonyl (C=O) groups excluding carboxylic acids is 2. The molecule has 0 spiro atoms. The van der Waals surface area contributed by atoms with Gasteiger partial charge in [-0.1, -0.05) is 35.9 Å². The Morgan fingerprint density at radius 1 is 0.939 bits per heavy atom. The van der Waals surface area contributed by atoms with Crippen LogP contribution in [-0.2, 0) is 4.79 Å². The molecule has 1 aliphatic rings. The molecule has 0 fully saturated rings. The third-order valence-corrected chi connectivity index (χ3v) is 5.02. The number of amides is 2. The van der Waals surface area contributed by atoms with Crippen molar-refractivity contribution in [2.45, 2.75) is 0 Å². The molecule has 3 N–H and O–H groups in total. The van der Waals surface area contributed by atoms with Gasteiger partial charge < -0.3 is 25.2 Å². The van der Waals surface area contributed by atoms with Crippen molar-refractivity contribution in [3.63, 3.8) is 0 Å². The highest BCUT2D eigenvalue weighted by atomic mass is 35.5. The van der Waals surface area contributed by atoms with E-state index in [0.29, 0.717) is 17.1 Å². The number of fused-ring (bicyclic) bond motifs is 1. The van der Waals surface area contributed by atoms with Gasteiger partial charge in [0.15, 0.2) is 11.5 Å². The molecule has 33 heavy (non-hydrogen) atoms. The van der Waals surface area contributed by atoms with E-state index in [4.69, 9.17) is 21.1 Å². The maximum Gasteiger partial charge on any atom is 0.335 e. The van der Waals surface area contributed by atoms with Crippen LogP contribution >= 0.6 is 11.6 Å². The molecule has 0 saturated heterocycles. The summed E-state index contributed by atoms with van der Waals surface area (Å²) in [6, 6.07) is 17.3. The van der Waals surface area contributed by atoms with E-state index in [0.717, 1.165) is 0 Å². The van der Waals surface area contributed by atoms with E-state index in [1.54, 1.807) is 42.5 Å². The summed E-state index contributed by atoms with van der Waals surface area (Å²) in [4.78, 5) is 37.1. The van der Waals surface area contributed by atoms with E-state index in [2.05, 4.69) is 10.6 Å². The third kappa shape index (κ3) is 5.13. The maximum absolute atomic E-state index is 13.1. The quantitative estimate of drug-likeness (QED) is 0.472. The largest absolute Gasteiger partial charge is 0.478 e. The summed E-state index contributed by atoms with van der Waals surface area (Å²) in [5, 5.41) is 14.6. The van der Waals surface area contributed by atoms with Gasteiger partial charge in [-0.25, -0.2) is 4.79 Å². The predicted molar refractivity (Wildman–Crippen MR) is 121 cm³/mol. The number of halogens is 1. The molecule has 4 rings (SSSR count). The first-order valence-corrected chi connectivity index (χ1v) is 10.1. The van der Waals surface area contributed by atoms with Gasteiger partial charge in [0.2, 0.25) is 6.79 Å². The van der Waals surface area contributed by atoms with Crippen LogP contribution in [-0.4, -0.2) is 29.7 Å². The number of carbonyl (C=O) groups is 3. The average Bonchev–Trinajstić information content (AvgIpc) is 3.27. The molecular weight excluding hydrogens is 448 g/mol. The maximum atomic E-state index is 13.1. The summed E-state index contributed by atoms with van der Waals surface area (Å²) >= 11 is 6.12. The molecule has 3 aromatic carbocycles. The van der Waals surface area contributed by atoms with E-state index in [1.165, 1.54) is 30.3 Å². The molecule has 3 aromatic rings. The number of hydrogen-bond donors (Lipinski definition) is 3. The Labute approximate surface area is 193 Å². The van der Waals surface area contributed by atoms with Crippen LogP contribution in [0.2, 0.25) is 5.02 Å². The predicted octanol–water partition coefficient (Wildman–Crippen LogP) is 4.18. The summed E-state index contributed by atoms with van der Waals surface area (Å²) in [5.41, 5.74) is 0.941. The number of nitrogens with one attached hydrogen (secondary N) is 2. The first-order valence-electron chi connectivity index (χ1n) is 9.72. The molecule has 8 nitrogen and oxygen atoms in total. The fourth-order valence-corrected chi connectivity index (χ4v) is 3.31. The zero-order valence-corrected chi connectivity index (χ0v) is 17.8. The van der Waals surface area contributed by atoms with Crippen LogP contribution in [0.15, 0.2) is 72.4 Å². The van der Waals surface area contributed by atoms with Crippen LogP contribution in [0.3, 0.4) is 0 Å². The van der Waals surface area contributed by atoms with E-state index < -0.39 is 17.8 Å². The van der Waals surface area contributed by atoms with Crippen LogP contribution in [0.5, 0.6) is 11.5 Å². The van der Waals surface area contributed by atoms with Crippen molar-refractivity contribution in [3.8, 4) is 11.5 Å². The van der Waals surface area contributed by atoms with Crippen LogP contribution in [0.1, 0.15) is 26.3 Å². The summed E-state index contributed by atoms with van der Waals surface area (Å²) in [6.45, 7) is 0.0962. The van der Waals surface area contributed by atoms with Crippen molar-refractivity contribution in [1.29, 1.82) is 0 Å². The molecule has 0 unspecified atom stereocenters. The van der Waals surface area contributed by atoms with Gasteiger partial charge in [-0.15, -0.1) is 0 Å². The number of hydrogen-bond acceptors (Lipinski definition) is 5. The highest BCUT2D eigenvalue weighted by Gasteiger charge is 2.19. The lowest BCUT2D eigenvalue weighted by atomic mass is 10.1. The summed E-state index contributed by atoms with van der Waals surface area (Å²) in [6.07, 6.45) is 1.47. The molecule has 1 heterocycles. The average molecular weight is 465 g/mol. The second kappa shape index (κ2) is 9.46. The number of ether oxygens (including phenoxy) is 2. The number of carboxylic acid groups (broad SMARTS) is 1. The Hall–Kier alpha value is -4.30. The second-order valence-corrected chi connectivity index (χ2v) is 7.35. The van der Waals surface area contributed by atoms with E-state index in [-0.39, 0.29) is 34.3 Å². The Morgan fingerprint density at radius 2 is 1.73 bits per heavy atom. The molecule has 0 atom stereocenters. The number of benzene rings is 3. The summed E-state index contributed by atoms with van der Waals surface area (Å²) in [7, 11) is 0. The highest BCUT2D eigenvalue weighted by molar-refractivity contribution is 6.34. The van der Waals surface area contributed by atoms with Gasteiger partial charge in [-0.2, -0.15) is 0 Å². The standard InChI is InChI=1S/C24H17ClN2O6/c25-18-7-2-1-6-17(18)22(28)27-19(10-14-8-9-20-21(11-14)33-13-32-20)23(29)26-16-5-3-4-15(12-16)24(30)31/h1-12H,13H2,(H,26,29)(H,27,28)(H,30,31)/b19-10+. The van der Waals surface area contributed by atoms with Crippen LogP contribution < -0.4 is 20.1 Å². The topological polar surface area (TPSA) is 114 Å². The number of carboxylic acids is 1. The Balaban J connectivity index is 1.65. The third-order valence-electron chi connectivity index (χ3n) is 4.69. The molecule has 0 saturated carbocycles. The highest BCUT2D eigenvalue weighted by Crippen LogP contribution is 2.33. The van der Waals surface area contributed by atoms with Crippen molar-refractivity contribution < 1.29 is 29.0 Å². The minimum atomic E-state index is -1.13. The molecule has 0 radical (unpaired) electrons. The van der Waals surface area contributed by atoms with Gasteiger partial charge in [0.25, 0.3) is 11.8 Å². The summed E-state index contributed by atoms with van der Waals surface area (Å²) in [5.74, 6) is -1.29. The van der Waals surface area contributed by atoms with Crippen LogP contribution in [0.4, 0.5) is 5.69 Å². The Morgan fingerprint density at radius 3 is 2.52 bits per heavy atom. The van der Waals surface area contributed by atoms with Gasteiger partial charge in [-0.05, 0) is 54.1 Å². The van der Waals surface area contributed by atoms with E-state index >= 15 is 0 Å². The van der Waals surface area contributed by atoms with Gasteiger partial charge in [0.1, 0.15) is 5.70 Å². The molecule has 2 amide bonds. The number of rotatable bonds is 6. The molecule has 1 aliphatic heterocycles. The molecule has 9 heteroatoms. The Kier molecular flexibility index (Phi) is 6.28. The monoisotopic (exact) mass is 464 g/mol. The molecule has 0 bridgehead atoms. The van der Waals surface area contributed by atoms with E-state index in [1.807, 2.05) is 0 Å². The first-order chi connectivity index (χ1) is 15.9. The molecular formula is C24H17ClN2O6. The van der Waals surface area contributed by atoms with Crippen molar-refractivity contribution in [3.05, 3.63) is 94.1 Å². The fourth-order valence-electron chi connectivity index (χ4n) is 3.09. The number of anilines is 1. The first kappa shape index (κ1) is 21.9. The van der Waals surface area contributed by atoms with Crippen LogP contribution in [0, 0.1) is 0 Å². The van der Waals surface area contributed by atoms with Gasteiger partial charge in [0, 0.05) is 5.69 Å². The van der Waals surface area contributed by atoms with E-state index in [9.17, 15) is 19.5 Å². The molecule has 0 aromatic heterocycles. The smallest absolute Gasteiger partial charge is 0.335 e. The zero-order chi connectivity index (χ0) is 23.4. The van der Waals surface area contributed by atoms with Gasteiger partial charge >= 0.3 is 5.97 Å². The molecule has 166 valence electrons. The van der Waals surface area contributed by atoms with Crippen LogP contribution in [0.25, 0.3) is 6.08 Å². The van der Waals surface area contributed by atoms with Crippen molar-refractivity contribution in [1.82, 2.24) is 5.32 Å². The van der Waals surface area contributed by atoms with Crippen molar-refractivity contribution in [2.24, 2.45) is 0 Å². The lowest BCUT2D eigenvalue weighted by Gasteiger charge is -2.12. The lowest BCUT2D eigenvalue weighted by molar-refractivity contribution is -0.113. The van der Waals surface area contributed by atoms with Gasteiger partial charge in [0.05, 0.1) is 16.1 Å². The molecule has 0 aliphatic carbocycles. The fraction of sp³-hybridized carbons (Fsp3) is 0.0417. The Bertz CT molecular complexity index is 1290. The second-order valence-electron chi connectivity index (χ2n) is 6.94. The lowest BCUT2D eigenvalue weighted by Crippen LogP contribution is -2.31. The SMILES string of the molecule is O=C(Nc1cccc(C(=O)O)c1)/C(=C\c1ccc2c(c1)OCO2)NC(=O)c1ccccc1Cl. The zero-order valence-electron chi connectivity index (χ0n) is 17.0. The minimum absolute atomic E-state index is 0.00852. The van der Waals surface area contributed by atoms with Gasteiger partial charge in [-0.3, -0.25) is 9.59 Å². The normalized spacial score (nSPS) is 12.2. The van der Waals surface area contributed by atoms with Crippen molar-refractivity contribution >= 4 is 41.1 Å². The number of aromatic carboxylic acids is 1. The minimum Gasteiger partial charge on any atom is -0.478 e. The summed E-state index contributed by atoms with van der Waals surface area (Å²) < 4.78 is 10.7.